The molecule has 0 aliphatic carbocycles. The summed E-state index contributed by atoms with van der Waals surface area (Å²) in [5.74, 6) is -0.954. The standard InChI is InChI=1S/C5H5F2NO3S/c1-4(5(6)7)2-12(10,11)8-3-9/h2H2,1H3. The summed E-state index contributed by atoms with van der Waals surface area (Å²) < 4.78 is 46.8. The molecule has 0 aliphatic rings. The SMILES string of the molecule is CC(CS(=O)(=O)N=C=O)=C(F)F. The Morgan fingerprint density at radius 1 is 1.50 bits per heavy atom. The van der Waals surface area contributed by atoms with Gasteiger partial charge in [-0.2, -0.15) is 8.78 Å². The molecule has 0 aliphatic heterocycles. The molecule has 0 fully saturated rings. The van der Waals surface area contributed by atoms with E-state index in [1.54, 1.807) is 0 Å². The van der Waals surface area contributed by atoms with Gasteiger partial charge in [0.15, 0.2) is 0 Å². The topological polar surface area (TPSA) is 63.6 Å². The summed E-state index contributed by atoms with van der Waals surface area (Å²) >= 11 is 0. The summed E-state index contributed by atoms with van der Waals surface area (Å²) in [6, 6.07) is 0. The molecule has 0 aromatic carbocycles. The van der Waals surface area contributed by atoms with Crippen LogP contribution in [0.2, 0.25) is 0 Å². The van der Waals surface area contributed by atoms with Gasteiger partial charge in [0.1, 0.15) is 0 Å². The zero-order valence-corrected chi connectivity index (χ0v) is 6.86. The first-order valence-corrected chi connectivity index (χ1v) is 4.32. The van der Waals surface area contributed by atoms with E-state index in [-0.39, 0.29) is 0 Å². The van der Waals surface area contributed by atoms with Crippen LogP contribution in [0.3, 0.4) is 0 Å². The van der Waals surface area contributed by atoms with Gasteiger partial charge in [-0.3, -0.25) is 0 Å². The Balaban J connectivity index is 4.71. The Hall–Kier alpha value is -1.07. The molecule has 0 saturated carbocycles. The lowest BCUT2D eigenvalue weighted by molar-refractivity contribution is 0.412. The maximum absolute atomic E-state index is 11.7. The van der Waals surface area contributed by atoms with E-state index in [0.29, 0.717) is 0 Å². The van der Waals surface area contributed by atoms with Gasteiger partial charge in [-0.05, 0) is 6.92 Å². The minimum atomic E-state index is -4.11. The van der Waals surface area contributed by atoms with Crippen molar-refractivity contribution in [1.29, 1.82) is 0 Å². The lowest BCUT2D eigenvalue weighted by Crippen LogP contribution is -2.03. The molecule has 0 N–H and O–H groups in total. The van der Waals surface area contributed by atoms with E-state index >= 15 is 0 Å². The molecule has 0 atom stereocenters. The Bertz CT molecular complexity index is 336. The highest BCUT2D eigenvalue weighted by Crippen LogP contribution is 2.09. The number of nitrogens with zero attached hydrogens (tertiary/aromatic N) is 1. The number of carbonyl (C=O) groups excluding carboxylic acids is 1. The first kappa shape index (κ1) is 10.9. The van der Waals surface area contributed by atoms with Gasteiger partial charge in [0.05, 0.1) is 5.75 Å². The van der Waals surface area contributed by atoms with Crippen LogP contribution < -0.4 is 0 Å². The second-order valence-electron chi connectivity index (χ2n) is 1.95. The molecule has 0 unspecified atom stereocenters. The highest BCUT2D eigenvalue weighted by Gasteiger charge is 2.12. The summed E-state index contributed by atoms with van der Waals surface area (Å²) in [6.07, 6.45) is -1.31. The van der Waals surface area contributed by atoms with Crippen LogP contribution in [-0.2, 0) is 14.8 Å². The largest absolute Gasteiger partial charge is 0.270 e. The van der Waals surface area contributed by atoms with E-state index in [2.05, 4.69) is 4.40 Å². The van der Waals surface area contributed by atoms with Gasteiger partial charge < -0.3 is 0 Å². The first-order chi connectivity index (χ1) is 5.39. The van der Waals surface area contributed by atoms with Crippen LogP contribution in [0.25, 0.3) is 0 Å². The Labute approximate surface area is 67.7 Å². The molecule has 68 valence electrons. The van der Waals surface area contributed by atoms with Crippen LogP contribution in [-0.4, -0.2) is 20.3 Å². The molecule has 0 saturated heterocycles. The molecule has 0 aromatic heterocycles. The van der Waals surface area contributed by atoms with E-state index in [9.17, 15) is 22.0 Å². The zero-order chi connectivity index (χ0) is 9.78. The average molecular weight is 197 g/mol. The summed E-state index contributed by atoms with van der Waals surface area (Å²) in [5.41, 5.74) is -0.631. The van der Waals surface area contributed by atoms with Gasteiger partial charge in [-0.1, -0.05) is 4.40 Å². The number of halogens is 2. The van der Waals surface area contributed by atoms with E-state index in [1.807, 2.05) is 0 Å². The van der Waals surface area contributed by atoms with E-state index < -0.39 is 27.4 Å². The maximum Gasteiger partial charge on any atom is 0.270 e. The van der Waals surface area contributed by atoms with Gasteiger partial charge in [0, 0.05) is 5.57 Å². The van der Waals surface area contributed by atoms with Crippen LogP contribution in [0.1, 0.15) is 6.92 Å². The van der Waals surface area contributed by atoms with Crippen LogP contribution >= 0.6 is 0 Å². The quantitative estimate of drug-likeness (QED) is 0.497. The molecule has 0 heterocycles. The summed E-state index contributed by atoms with van der Waals surface area (Å²) in [6.45, 7) is 0.938. The molecular weight excluding hydrogens is 192 g/mol. The fourth-order valence-corrected chi connectivity index (χ4v) is 1.25. The smallest absolute Gasteiger partial charge is 0.210 e. The number of hydrogen-bond donors (Lipinski definition) is 0. The van der Waals surface area contributed by atoms with Gasteiger partial charge in [-0.15, -0.1) is 0 Å². The maximum atomic E-state index is 11.7. The minimum absolute atomic E-state index is 0.631. The molecule has 0 amide bonds. The molecule has 7 heteroatoms. The molecule has 12 heavy (non-hydrogen) atoms. The van der Waals surface area contributed by atoms with Crippen molar-refractivity contribution < 1.29 is 22.0 Å². The highest BCUT2D eigenvalue weighted by atomic mass is 32.2. The molecule has 0 aromatic rings. The van der Waals surface area contributed by atoms with Crippen molar-refractivity contribution in [2.75, 3.05) is 5.75 Å². The fraction of sp³-hybridized carbons (Fsp3) is 0.400. The summed E-state index contributed by atoms with van der Waals surface area (Å²) in [7, 11) is -4.11. The van der Waals surface area contributed by atoms with Crippen molar-refractivity contribution >= 4 is 16.1 Å². The van der Waals surface area contributed by atoms with Crippen molar-refractivity contribution in [2.24, 2.45) is 4.40 Å². The van der Waals surface area contributed by atoms with Crippen LogP contribution in [0, 0.1) is 0 Å². The van der Waals surface area contributed by atoms with E-state index in [0.717, 1.165) is 13.0 Å². The third-order valence-electron chi connectivity index (χ3n) is 0.898. The monoisotopic (exact) mass is 197 g/mol. The third kappa shape index (κ3) is 3.95. The van der Waals surface area contributed by atoms with Crippen molar-refractivity contribution in [2.45, 2.75) is 6.92 Å². The fourth-order valence-electron chi connectivity index (χ4n) is 0.417. The predicted molar refractivity (Wildman–Crippen MR) is 36.8 cm³/mol. The number of sulfonamides is 1. The average Bonchev–Trinajstić information content (AvgIpc) is 1.85. The lowest BCUT2D eigenvalue weighted by Gasteiger charge is -1.94. The predicted octanol–water partition coefficient (Wildman–Crippen LogP) is 0.823. The molecular formula is C5H5F2NO3S. The van der Waals surface area contributed by atoms with Gasteiger partial charge in [0.25, 0.3) is 22.2 Å². The summed E-state index contributed by atoms with van der Waals surface area (Å²) in [4.78, 5) is 9.50. The molecule has 4 nitrogen and oxygen atoms in total. The van der Waals surface area contributed by atoms with Gasteiger partial charge in [0.2, 0.25) is 0 Å². The molecule has 0 spiro atoms. The van der Waals surface area contributed by atoms with Crippen molar-refractivity contribution in [3.63, 3.8) is 0 Å². The van der Waals surface area contributed by atoms with Gasteiger partial charge >= 0.3 is 0 Å². The Morgan fingerprint density at radius 3 is 2.33 bits per heavy atom. The van der Waals surface area contributed by atoms with E-state index in [1.165, 1.54) is 0 Å². The zero-order valence-electron chi connectivity index (χ0n) is 6.04. The number of isocyanates is 1. The highest BCUT2D eigenvalue weighted by molar-refractivity contribution is 7.90. The van der Waals surface area contributed by atoms with Crippen molar-refractivity contribution in [3.8, 4) is 0 Å². The first-order valence-electron chi connectivity index (χ1n) is 2.71. The van der Waals surface area contributed by atoms with Crippen LogP contribution in [0.4, 0.5) is 8.78 Å². The number of rotatable bonds is 3. The number of hydrogen-bond acceptors (Lipinski definition) is 3. The van der Waals surface area contributed by atoms with Crippen LogP contribution in [0.15, 0.2) is 16.1 Å². The van der Waals surface area contributed by atoms with E-state index in [4.69, 9.17) is 0 Å². The Morgan fingerprint density at radius 2 is 2.00 bits per heavy atom. The normalized spacial score (nSPS) is 10.2. The third-order valence-corrected chi connectivity index (χ3v) is 2.05. The lowest BCUT2D eigenvalue weighted by atomic mass is 10.4. The summed E-state index contributed by atoms with van der Waals surface area (Å²) in [5, 5.41) is 0. The Kier molecular flexibility index (Phi) is 3.72. The molecule has 0 radical (unpaired) electrons. The van der Waals surface area contributed by atoms with Crippen molar-refractivity contribution in [1.82, 2.24) is 0 Å². The minimum Gasteiger partial charge on any atom is -0.210 e. The molecule has 0 bridgehead atoms. The second kappa shape index (κ2) is 4.08. The van der Waals surface area contributed by atoms with Crippen molar-refractivity contribution in [3.05, 3.63) is 11.7 Å². The molecule has 0 rings (SSSR count). The van der Waals surface area contributed by atoms with Crippen LogP contribution in [0.5, 0.6) is 0 Å². The van der Waals surface area contributed by atoms with Gasteiger partial charge in [-0.25, -0.2) is 13.2 Å². The second-order valence-corrected chi connectivity index (χ2v) is 3.58.